The lowest BCUT2D eigenvalue weighted by atomic mass is 10.1. The minimum absolute atomic E-state index is 0.409. The lowest BCUT2D eigenvalue weighted by Crippen LogP contribution is -2.23. The van der Waals surface area contributed by atoms with Crippen LogP contribution in [0, 0.1) is 20.8 Å². The number of hydrogen-bond donors (Lipinski definition) is 1. The van der Waals surface area contributed by atoms with Gasteiger partial charge in [-0.15, -0.1) is 11.3 Å². The molecule has 1 atom stereocenters. The molecule has 2 aromatic heterocycles. The third-order valence-electron chi connectivity index (χ3n) is 3.10. The van der Waals surface area contributed by atoms with Crippen molar-refractivity contribution in [2.75, 3.05) is 6.54 Å². The zero-order valence-electron chi connectivity index (χ0n) is 11.5. The monoisotopic (exact) mass is 263 g/mol. The number of hydrogen-bond acceptors (Lipinski definition) is 3. The van der Waals surface area contributed by atoms with Crippen LogP contribution in [0.3, 0.4) is 0 Å². The molecule has 0 aliphatic carbocycles. The summed E-state index contributed by atoms with van der Waals surface area (Å²) in [6.07, 6.45) is 3.97. The van der Waals surface area contributed by atoms with Crippen LogP contribution in [-0.4, -0.2) is 16.3 Å². The van der Waals surface area contributed by atoms with Gasteiger partial charge in [-0.25, -0.2) is 0 Å². The van der Waals surface area contributed by atoms with Gasteiger partial charge in [0.15, 0.2) is 0 Å². The molecule has 0 saturated carbocycles. The molecule has 1 N–H and O–H groups in total. The second-order valence-corrected chi connectivity index (χ2v) is 6.29. The zero-order chi connectivity index (χ0) is 13.1. The van der Waals surface area contributed by atoms with Crippen molar-refractivity contribution in [3.05, 3.63) is 39.3 Å². The van der Waals surface area contributed by atoms with E-state index in [-0.39, 0.29) is 0 Å². The fourth-order valence-corrected chi connectivity index (χ4v) is 3.20. The van der Waals surface area contributed by atoms with Crippen molar-refractivity contribution < 1.29 is 0 Å². The summed E-state index contributed by atoms with van der Waals surface area (Å²) < 4.78 is 1.99. The largest absolute Gasteiger partial charge is 0.308 e. The third kappa shape index (κ3) is 3.21. The van der Waals surface area contributed by atoms with Crippen molar-refractivity contribution in [2.45, 2.75) is 40.3 Å². The summed E-state index contributed by atoms with van der Waals surface area (Å²) in [6, 6.07) is 2.70. The molecule has 0 spiro atoms. The van der Waals surface area contributed by atoms with Crippen LogP contribution >= 0.6 is 11.3 Å². The van der Waals surface area contributed by atoms with E-state index in [0.717, 1.165) is 13.1 Å². The van der Waals surface area contributed by atoms with E-state index in [2.05, 4.69) is 50.4 Å². The summed E-state index contributed by atoms with van der Waals surface area (Å²) in [4.78, 5) is 2.81. The summed E-state index contributed by atoms with van der Waals surface area (Å²) in [5.41, 5.74) is 2.64. The second kappa shape index (κ2) is 5.67. The highest BCUT2D eigenvalue weighted by molar-refractivity contribution is 7.12. The topological polar surface area (TPSA) is 29.9 Å². The maximum absolute atomic E-state index is 4.29. The van der Waals surface area contributed by atoms with E-state index in [1.54, 1.807) is 0 Å². The molecule has 2 rings (SSSR count). The molecule has 18 heavy (non-hydrogen) atoms. The smallest absolute Gasteiger partial charge is 0.0534 e. The molecule has 0 fully saturated rings. The first kappa shape index (κ1) is 13.3. The summed E-state index contributed by atoms with van der Waals surface area (Å²) >= 11 is 1.87. The van der Waals surface area contributed by atoms with Gasteiger partial charge in [-0.3, -0.25) is 4.68 Å². The predicted octanol–water partition coefficient (Wildman–Crippen LogP) is 3.22. The van der Waals surface area contributed by atoms with Crippen molar-refractivity contribution in [3.8, 4) is 0 Å². The van der Waals surface area contributed by atoms with Crippen molar-refractivity contribution in [2.24, 2.45) is 0 Å². The molecular weight excluding hydrogens is 242 g/mol. The first-order chi connectivity index (χ1) is 8.56. The van der Waals surface area contributed by atoms with Crippen LogP contribution < -0.4 is 5.32 Å². The summed E-state index contributed by atoms with van der Waals surface area (Å²) in [6.45, 7) is 10.5. The van der Waals surface area contributed by atoms with Crippen molar-refractivity contribution in [1.82, 2.24) is 15.1 Å². The van der Waals surface area contributed by atoms with Gasteiger partial charge in [-0.05, 0) is 44.9 Å². The Hall–Kier alpha value is -1.13. The quantitative estimate of drug-likeness (QED) is 0.897. The molecular formula is C14H21N3S. The predicted molar refractivity (Wildman–Crippen MR) is 77.2 cm³/mol. The Bertz CT molecular complexity index is 513. The average molecular weight is 263 g/mol. The highest BCUT2D eigenvalue weighted by Crippen LogP contribution is 2.25. The minimum Gasteiger partial charge on any atom is -0.308 e. The number of nitrogens with one attached hydrogen (secondary N) is 1. The maximum Gasteiger partial charge on any atom is 0.0534 e. The summed E-state index contributed by atoms with van der Waals surface area (Å²) in [7, 11) is 0. The molecule has 4 heteroatoms. The van der Waals surface area contributed by atoms with Gasteiger partial charge in [0.2, 0.25) is 0 Å². The van der Waals surface area contributed by atoms with Crippen molar-refractivity contribution in [3.63, 3.8) is 0 Å². The molecule has 0 radical (unpaired) electrons. The van der Waals surface area contributed by atoms with Crippen molar-refractivity contribution in [1.29, 1.82) is 0 Å². The van der Waals surface area contributed by atoms with E-state index in [9.17, 15) is 0 Å². The lowest BCUT2D eigenvalue weighted by molar-refractivity contribution is 0.507. The standard InChI is InChI=1S/C14H21N3S/c1-10-8-16-17(9-10)6-5-15-12(3)14-7-11(2)18-13(14)4/h7-9,12,15H,5-6H2,1-4H3. The number of rotatable bonds is 5. The van der Waals surface area contributed by atoms with E-state index in [1.807, 2.05) is 22.2 Å². The van der Waals surface area contributed by atoms with Crippen LogP contribution in [0.25, 0.3) is 0 Å². The van der Waals surface area contributed by atoms with Crippen LogP contribution in [0.4, 0.5) is 0 Å². The molecule has 3 nitrogen and oxygen atoms in total. The van der Waals surface area contributed by atoms with Gasteiger partial charge < -0.3 is 5.32 Å². The van der Waals surface area contributed by atoms with Gasteiger partial charge in [0.05, 0.1) is 12.7 Å². The first-order valence-corrected chi connectivity index (χ1v) is 7.17. The second-order valence-electron chi connectivity index (χ2n) is 4.83. The fourth-order valence-electron chi connectivity index (χ4n) is 2.18. The Labute approximate surface area is 113 Å². The molecule has 0 amide bonds. The van der Waals surface area contributed by atoms with Gasteiger partial charge in [-0.2, -0.15) is 5.10 Å². The Morgan fingerprint density at radius 2 is 2.17 bits per heavy atom. The molecule has 0 aliphatic heterocycles. The van der Waals surface area contributed by atoms with E-state index in [4.69, 9.17) is 0 Å². The fraction of sp³-hybridized carbons (Fsp3) is 0.500. The minimum atomic E-state index is 0.409. The van der Waals surface area contributed by atoms with E-state index in [0.29, 0.717) is 6.04 Å². The van der Waals surface area contributed by atoms with E-state index in [1.165, 1.54) is 20.9 Å². The number of nitrogens with zero attached hydrogens (tertiary/aromatic N) is 2. The Morgan fingerprint density at radius 3 is 2.72 bits per heavy atom. The molecule has 0 aliphatic rings. The lowest BCUT2D eigenvalue weighted by Gasteiger charge is -2.13. The van der Waals surface area contributed by atoms with Gasteiger partial charge in [-0.1, -0.05) is 0 Å². The maximum atomic E-state index is 4.29. The Morgan fingerprint density at radius 1 is 1.39 bits per heavy atom. The summed E-state index contributed by atoms with van der Waals surface area (Å²) in [5, 5.41) is 7.84. The molecule has 0 saturated heterocycles. The van der Waals surface area contributed by atoms with Crippen LogP contribution in [0.15, 0.2) is 18.5 Å². The third-order valence-corrected chi connectivity index (χ3v) is 4.08. The van der Waals surface area contributed by atoms with Crippen LogP contribution in [0.5, 0.6) is 0 Å². The molecule has 2 heterocycles. The van der Waals surface area contributed by atoms with E-state index < -0.39 is 0 Å². The van der Waals surface area contributed by atoms with Crippen molar-refractivity contribution >= 4 is 11.3 Å². The van der Waals surface area contributed by atoms with Crippen LogP contribution in [0.2, 0.25) is 0 Å². The molecule has 98 valence electrons. The van der Waals surface area contributed by atoms with E-state index >= 15 is 0 Å². The summed E-state index contributed by atoms with van der Waals surface area (Å²) in [5.74, 6) is 0. The zero-order valence-corrected chi connectivity index (χ0v) is 12.3. The van der Waals surface area contributed by atoms with Crippen LogP contribution in [-0.2, 0) is 6.54 Å². The highest BCUT2D eigenvalue weighted by atomic mass is 32.1. The SMILES string of the molecule is Cc1cnn(CCNC(C)c2cc(C)sc2C)c1. The van der Waals surface area contributed by atoms with Crippen LogP contribution in [0.1, 0.15) is 33.8 Å². The molecule has 2 aromatic rings. The molecule has 0 bridgehead atoms. The highest BCUT2D eigenvalue weighted by Gasteiger charge is 2.10. The first-order valence-electron chi connectivity index (χ1n) is 6.35. The van der Waals surface area contributed by atoms with Gasteiger partial charge in [0, 0.05) is 28.5 Å². The Balaban J connectivity index is 1.85. The Kier molecular flexibility index (Phi) is 4.19. The average Bonchev–Trinajstić information content (AvgIpc) is 2.85. The molecule has 0 aromatic carbocycles. The van der Waals surface area contributed by atoms with Gasteiger partial charge >= 0.3 is 0 Å². The number of aryl methyl sites for hydroxylation is 3. The van der Waals surface area contributed by atoms with Gasteiger partial charge in [0.1, 0.15) is 0 Å². The normalized spacial score (nSPS) is 12.9. The van der Waals surface area contributed by atoms with Gasteiger partial charge in [0.25, 0.3) is 0 Å². The number of aromatic nitrogens is 2. The number of thiophene rings is 1. The molecule has 1 unspecified atom stereocenters.